The number of unbranched alkanes of at least 4 members (excludes halogenated alkanes) is 1. The number of carbonyl (C=O) groups excluding carboxylic acids is 1. The zero-order valence-corrected chi connectivity index (χ0v) is 14.1. The van der Waals surface area contributed by atoms with Gasteiger partial charge in [-0.15, -0.1) is 0 Å². The normalized spacial score (nSPS) is 10.9. The molecule has 0 saturated carbocycles. The third-order valence-electron chi connectivity index (χ3n) is 4.17. The van der Waals surface area contributed by atoms with E-state index in [1.54, 1.807) is 0 Å². The van der Waals surface area contributed by atoms with Crippen LogP contribution in [-0.2, 0) is 6.42 Å². The fraction of sp³-hybridized carbons (Fsp3) is 0.500. The highest BCUT2D eigenvalue weighted by atomic mass is 16.2. The minimum absolute atomic E-state index is 0.0705. The molecule has 0 atom stereocenters. The molecule has 4 nitrogen and oxygen atoms in total. The maximum atomic E-state index is 11.7. The first-order valence-corrected chi connectivity index (χ1v) is 8.13. The summed E-state index contributed by atoms with van der Waals surface area (Å²) in [5.74, 6) is 0. The number of nitrogens with one attached hydrogen (secondary N) is 3. The van der Waals surface area contributed by atoms with Gasteiger partial charge in [-0.3, -0.25) is 0 Å². The van der Waals surface area contributed by atoms with E-state index in [-0.39, 0.29) is 6.03 Å². The highest BCUT2D eigenvalue weighted by Crippen LogP contribution is 2.28. The van der Waals surface area contributed by atoms with Crippen molar-refractivity contribution in [1.82, 2.24) is 15.6 Å². The van der Waals surface area contributed by atoms with Gasteiger partial charge in [0.1, 0.15) is 0 Å². The summed E-state index contributed by atoms with van der Waals surface area (Å²) >= 11 is 0. The van der Waals surface area contributed by atoms with Gasteiger partial charge in [0.25, 0.3) is 0 Å². The first-order valence-electron chi connectivity index (χ1n) is 8.13. The molecule has 0 bridgehead atoms. The molecule has 0 radical (unpaired) electrons. The van der Waals surface area contributed by atoms with Crippen molar-refractivity contribution in [3.8, 4) is 0 Å². The van der Waals surface area contributed by atoms with E-state index in [0.717, 1.165) is 25.8 Å². The topological polar surface area (TPSA) is 56.9 Å². The van der Waals surface area contributed by atoms with Gasteiger partial charge in [-0.1, -0.05) is 25.5 Å². The Kier molecular flexibility index (Phi) is 5.47. The molecule has 0 saturated heterocycles. The Morgan fingerprint density at radius 1 is 1.09 bits per heavy atom. The summed E-state index contributed by atoms with van der Waals surface area (Å²) < 4.78 is 0. The maximum Gasteiger partial charge on any atom is 0.314 e. The molecule has 2 rings (SSSR count). The summed E-state index contributed by atoms with van der Waals surface area (Å²) in [6.07, 6.45) is 2.96. The van der Waals surface area contributed by atoms with E-state index in [0.29, 0.717) is 6.54 Å². The predicted molar refractivity (Wildman–Crippen MR) is 92.5 cm³/mol. The van der Waals surface area contributed by atoms with Crippen LogP contribution in [0.3, 0.4) is 0 Å². The van der Waals surface area contributed by atoms with Crippen molar-refractivity contribution in [3.05, 3.63) is 34.5 Å². The van der Waals surface area contributed by atoms with Crippen molar-refractivity contribution in [2.24, 2.45) is 0 Å². The van der Waals surface area contributed by atoms with Crippen molar-refractivity contribution in [2.45, 2.75) is 47.0 Å². The molecule has 0 spiro atoms. The van der Waals surface area contributed by atoms with Crippen LogP contribution in [0.25, 0.3) is 10.9 Å². The number of urea groups is 1. The third kappa shape index (κ3) is 3.62. The van der Waals surface area contributed by atoms with Gasteiger partial charge in [-0.2, -0.15) is 0 Å². The molecule has 0 fully saturated rings. The molecule has 1 heterocycles. The van der Waals surface area contributed by atoms with Gasteiger partial charge in [0, 0.05) is 29.7 Å². The number of hydrogen-bond donors (Lipinski definition) is 3. The number of fused-ring (bicyclic) bond motifs is 1. The van der Waals surface area contributed by atoms with Crippen LogP contribution in [0.2, 0.25) is 0 Å². The number of aryl methyl sites for hydroxylation is 3. The van der Waals surface area contributed by atoms with Crippen LogP contribution in [0.4, 0.5) is 4.79 Å². The largest absolute Gasteiger partial charge is 0.358 e. The summed E-state index contributed by atoms with van der Waals surface area (Å²) in [6, 6.07) is 4.25. The third-order valence-corrected chi connectivity index (χ3v) is 4.17. The fourth-order valence-electron chi connectivity index (χ4n) is 2.87. The lowest BCUT2D eigenvalue weighted by atomic mass is 10.0. The Labute approximate surface area is 132 Å². The van der Waals surface area contributed by atoms with Crippen LogP contribution in [0.15, 0.2) is 12.1 Å². The fourth-order valence-corrected chi connectivity index (χ4v) is 2.87. The van der Waals surface area contributed by atoms with Crippen LogP contribution < -0.4 is 10.6 Å². The molecule has 22 heavy (non-hydrogen) atoms. The Bertz CT molecular complexity index is 658. The first-order chi connectivity index (χ1) is 10.5. The van der Waals surface area contributed by atoms with Crippen LogP contribution in [0.1, 0.15) is 42.1 Å². The van der Waals surface area contributed by atoms with Gasteiger partial charge in [-0.25, -0.2) is 4.79 Å². The predicted octanol–water partition coefficient (Wildman–Crippen LogP) is 3.73. The standard InChI is InChI=1S/C18H27N3O/c1-5-6-10-19-18(22)20-11-9-15-14(4)21-17-13(3)8-7-12(2)16(15)17/h7-8,21H,5-6,9-11H2,1-4H3,(H2,19,20,22). The smallest absolute Gasteiger partial charge is 0.314 e. The maximum absolute atomic E-state index is 11.7. The highest BCUT2D eigenvalue weighted by Gasteiger charge is 2.12. The number of benzene rings is 1. The molecule has 1 aromatic carbocycles. The molecule has 0 aliphatic heterocycles. The quantitative estimate of drug-likeness (QED) is 0.700. The number of hydrogen-bond acceptors (Lipinski definition) is 1. The van der Waals surface area contributed by atoms with Gasteiger partial charge < -0.3 is 15.6 Å². The molecule has 0 aliphatic rings. The van der Waals surface area contributed by atoms with E-state index in [9.17, 15) is 4.79 Å². The highest BCUT2D eigenvalue weighted by molar-refractivity contribution is 5.90. The molecular formula is C18H27N3O. The lowest BCUT2D eigenvalue weighted by Gasteiger charge is -2.08. The molecule has 120 valence electrons. The summed E-state index contributed by atoms with van der Waals surface area (Å²) in [5.41, 5.74) is 6.28. The van der Waals surface area contributed by atoms with E-state index in [1.807, 2.05) is 0 Å². The van der Waals surface area contributed by atoms with E-state index in [1.165, 1.54) is 33.3 Å². The van der Waals surface area contributed by atoms with Crippen LogP contribution in [-0.4, -0.2) is 24.1 Å². The van der Waals surface area contributed by atoms with Gasteiger partial charge in [0.05, 0.1) is 0 Å². The van der Waals surface area contributed by atoms with Crippen molar-refractivity contribution in [3.63, 3.8) is 0 Å². The lowest BCUT2D eigenvalue weighted by molar-refractivity contribution is 0.241. The van der Waals surface area contributed by atoms with Gasteiger partial charge in [0.15, 0.2) is 0 Å². The Morgan fingerprint density at radius 2 is 1.77 bits per heavy atom. The minimum Gasteiger partial charge on any atom is -0.358 e. The summed E-state index contributed by atoms with van der Waals surface area (Å²) in [7, 11) is 0. The molecule has 0 unspecified atom stereocenters. The van der Waals surface area contributed by atoms with Gasteiger partial charge >= 0.3 is 6.03 Å². The van der Waals surface area contributed by atoms with Crippen molar-refractivity contribution in [1.29, 1.82) is 0 Å². The Hall–Kier alpha value is -1.97. The Balaban J connectivity index is 2.02. The number of H-pyrrole nitrogens is 1. The number of carbonyl (C=O) groups is 1. The minimum atomic E-state index is -0.0705. The second kappa shape index (κ2) is 7.34. The average Bonchev–Trinajstić information content (AvgIpc) is 2.82. The molecule has 4 heteroatoms. The van der Waals surface area contributed by atoms with E-state index in [2.05, 4.69) is 55.4 Å². The van der Waals surface area contributed by atoms with Crippen molar-refractivity contribution < 1.29 is 4.79 Å². The summed E-state index contributed by atoms with van der Waals surface area (Å²) in [5, 5.41) is 7.13. The molecule has 0 aliphatic carbocycles. The van der Waals surface area contributed by atoms with E-state index >= 15 is 0 Å². The van der Waals surface area contributed by atoms with Crippen molar-refractivity contribution >= 4 is 16.9 Å². The summed E-state index contributed by atoms with van der Waals surface area (Å²) in [6.45, 7) is 9.88. The van der Waals surface area contributed by atoms with E-state index < -0.39 is 0 Å². The Morgan fingerprint density at radius 3 is 2.50 bits per heavy atom. The molecule has 1 aromatic heterocycles. The second-order valence-corrected chi connectivity index (χ2v) is 5.96. The summed E-state index contributed by atoms with van der Waals surface area (Å²) in [4.78, 5) is 15.2. The number of rotatable bonds is 6. The van der Waals surface area contributed by atoms with Crippen LogP contribution in [0.5, 0.6) is 0 Å². The zero-order valence-electron chi connectivity index (χ0n) is 14.1. The van der Waals surface area contributed by atoms with Crippen molar-refractivity contribution in [2.75, 3.05) is 13.1 Å². The van der Waals surface area contributed by atoms with Gasteiger partial charge in [-0.05, 0) is 50.3 Å². The van der Waals surface area contributed by atoms with Crippen LogP contribution >= 0.6 is 0 Å². The van der Waals surface area contributed by atoms with Gasteiger partial charge in [0.2, 0.25) is 0 Å². The second-order valence-electron chi connectivity index (χ2n) is 5.96. The number of amides is 2. The molecule has 2 aromatic rings. The number of aromatic amines is 1. The lowest BCUT2D eigenvalue weighted by Crippen LogP contribution is -2.37. The zero-order chi connectivity index (χ0) is 16.1. The monoisotopic (exact) mass is 301 g/mol. The molecule has 2 amide bonds. The molecule has 3 N–H and O–H groups in total. The SMILES string of the molecule is CCCCNC(=O)NCCc1c(C)[nH]c2c(C)ccc(C)c12. The first kappa shape index (κ1) is 16.4. The number of aromatic nitrogens is 1. The van der Waals surface area contributed by atoms with Crippen LogP contribution in [0, 0.1) is 20.8 Å². The van der Waals surface area contributed by atoms with E-state index in [4.69, 9.17) is 0 Å². The molecular weight excluding hydrogens is 274 g/mol. The average molecular weight is 301 g/mol.